The van der Waals surface area contributed by atoms with Crippen molar-refractivity contribution in [3.05, 3.63) is 87.1 Å². The zero-order valence-electron chi connectivity index (χ0n) is 17.6. The van der Waals surface area contributed by atoms with Crippen molar-refractivity contribution in [3.63, 3.8) is 0 Å². The summed E-state index contributed by atoms with van der Waals surface area (Å²) >= 11 is 5.28. The van der Waals surface area contributed by atoms with E-state index >= 15 is 0 Å². The summed E-state index contributed by atoms with van der Waals surface area (Å²) in [6.45, 7) is 8.10. The lowest BCUT2D eigenvalue weighted by Gasteiger charge is -2.10. The molecule has 0 radical (unpaired) electrons. The number of benzene rings is 2. The molecule has 0 aliphatic carbocycles. The van der Waals surface area contributed by atoms with E-state index in [1.807, 2.05) is 25.1 Å². The van der Waals surface area contributed by atoms with Crippen LogP contribution in [0.4, 0.5) is 0 Å². The number of carbonyl (C=O) groups excluding carboxylic acids is 1. The van der Waals surface area contributed by atoms with Crippen LogP contribution in [0.2, 0.25) is 0 Å². The second-order valence-electron chi connectivity index (χ2n) is 7.24. The smallest absolute Gasteiger partial charge is 0.252 e. The van der Waals surface area contributed by atoms with Crippen LogP contribution in [0.25, 0.3) is 5.69 Å². The summed E-state index contributed by atoms with van der Waals surface area (Å²) in [6.07, 6.45) is 1.71. The fourth-order valence-electron chi connectivity index (χ4n) is 3.18. The lowest BCUT2D eigenvalue weighted by molar-refractivity contribution is -0.120. The Hall–Kier alpha value is -2.31. The first kappa shape index (κ1) is 22.4. The van der Waals surface area contributed by atoms with Crippen LogP contribution in [0, 0.1) is 20.8 Å². The third-order valence-electron chi connectivity index (χ3n) is 4.99. The molecule has 30 heavy (non-hydrogen) atoms. The van der Waals surface area contributed by atoms with Gasteiger partial charge in [0.1, 0.15) is 0 Å². The number of thioether (sulfide) groups is 1. The third-order valence-corrected chi connectivity index (χ3v) is 7.20. The summed E-state index contributed by atoms with van der Waals surface area (Å²) in [5.74, 6) is 0.693. The molecule has 0 bridgehead atoms. The summed E-state index contributed by atoms with van der Waals surface area (Å²) < 4.78 is 3.16. The SMILES string of the molecule is Cc1ccc(-n2c(C)c(Br)c(/C=N\NC(=O)[C@H](C)SCc3ccccc3)c2C)cc1. The van der Waals surface area contributed by atoms with Gasteiger partial charge in [0.05, 0.1) is 11.5 Å². The highest BCUT2D eigenvalue weighted by Crippen LogP contribution is 2.29. The van der Waals surface area contributed by atoms with Gasteiger partial charge in [0.15, 0.2) is 0 Å². The van der Waals surface area contributed by atoms with Crippen molar-refractivity contribution in [1.29, 1.82) is 0 Å². The molecule has 0 saturated heterocycles. The zero-order valence-corrected chi connectivity index (χ0v) is 20.0. The first-order chi connectivity index (χ1) is 14.4. The summed E-state index contributed by atoms with van der Waals surface area (Å²) in [6, 6.07) is 18.6. The molecular formula is C24H26BrN3OS. The molecular weight excluding hydrogens is 458 g/mol. The van der Waals surface area contributed by atoms with Gasteiger partial charge in [-0.25, -0.2) is 5.43 Å². The van der Waals surface area contributed by atoms with E-state index < -0.39 is 0 Å². The Morgan fingerprint density at radius 2 is 1.77 bits per heavy atom. The predicted octanol–water partition coefficient (Wildman–Crippen LogP) is 5.94. The number of hydrogen-bond donors (Lipinski definition) is 1. The molecule has 0 unspecified atom stereocenters. The van der Waals surface area contributed by atoms with Crippen LogP contribution in [-0.4, -0.2) is 21.9 Å². The molecule has 0 fully saturated rings. The quantitative estimate of drug-likeness (QED) is 0.334. The maximum absolute atomic E-state index is 12.4. The minimum atomic E-state index is -0.189. The van der Waals surface area contributed by atoms with Gasteiger partial charge in [-0.3, -0.25) is 4.79 Å². The van der Waals surface area contributed by atoms with Gasteiger partial charge in [0, 0.05) is 32.9 Å². The Morgan fingerprint density at radius 1 is 1.10 bits per heavy atom. The van der Waals surface area contributed by atoms with E-state index in [4.69, 9.17) is 0 Å². The molecule has 0 aliphatic heterocycles. The van der Waals surface area contributed by atoms with E-state index in [0.29, 0.717) is 0 Å². The van der Waals surface area contributed by atoms with E-state index in [1.54, 1.807) is 18.0 Å². The molecule has 0 saturated carbocycles. The average Bonchev–Trinajstić information content (AvgIpc) is 2.96. The van der Waals surface area contributed by atoms with Gasteiger partial charge < -0.3 is 4.57 Å². The van der Waals surface area contributed by atoms with Gasteiger partial charge in [-0.1, -0.05) is 48.0 Å². The van der Waals surface area contributed by atoms with E-state index in [-0.39, 0.29) is 11.2 Å². The second-order valence-corrected chi connectivity index (χ2v) is 9.36. The van der Waals surface area contributed by atoms with E-state index in [0.717, 1.165) is 32.9 Å². The van der Waals surface area contributed by atoms with Crippen molar-refractivity contribution in [2.24, 2.45) is 5.10 Å². The first-order valence-electron chi connectivity index (χ1n) is 9.81. The van der Waals surface area contributed by atoms with Crippen molar-refractivity contribution in [2.45, 2.75) is 38.7 Å². The number of nitrogens with one attached hydrogen (secondary N) is 1. The van der Waals surface area contributed by atoms with Crippen molar-refractivity contribution in [2.75, 3.05) is 0 Å². The highest BCUT2D eigenvalue weighted by molar-refractivity contribution is 9.10. The number of amides is 1. The Bertz CT molecular complexity index is 1040. The Morgan fingerprint density at radius 3 is 2.43 bits per heavy atom. The molecule has 6 heteroatoms. The van der Waals surface area contributed by atoms with E-state index in [2.05, 4.69) is 88.2 Å². The largest absolute Gasteiger partial charge is 0.317 e. The average molecular weight is 484 g/mol. The number of nitrogens with zero attached hydrogens (tertiary/aromatic N) is 2. The molecule has 0 spiro atoms. The Balaban J connectivity index is 1.66. The van der Waals surface area contributed by atoms with Gasteiger partial charge in [0.25, 0.3) is 5.91 Å². The fourth-order valence-corrected chi connectivity index (χ4v) is 4.58. The maximum atomic E-state index is 12.4. The summed E-state index contributed by atoms with van der Waals surface area (Å²) in [7, 11) is 0. The molecule has 1 N–H and O–H groups in total. The molecule has 156 valence electrons. The van der Waals surface area contributed by atoms with Crippen LogP contribution in [0.3, 0.4) is 0 Å². The minimum absolute atomic E-state index is 0.101. The van der Waals surface area contributed by atoms with Crippen LogP contribution < -0.4 is 5.43 Å². The van der Waals surface area contributed by atoms with E-state index in [9.17, 15) is 4.79 Å². The van der Waals surface area contributed by atoms with Crippen LogP contribution >= 0.6 is 27.7 Å². The minimum Gasteiger partial charge on any atom is -0.317 e. The highest BCUT2D eigenvalue weighted by atomic mass is 79.9. The van der Waals surface area contributed by atoms with Crippen LogP contribution in [0.1, 0.15) is 35.0 Å². The Labute approximate surface area is 190 Å². The molecule has 1 amide bonds. The van der Waals surface area contributed by atoms with Gasteiger partial charge in [-0.05, 0) is 61.3 Å². The van der Waals surface area contributed by atoms with Crippen molar-refractivity contribution >= 4 is 39.8 Å². The van der Waals surface area contributed by atoms with Crippen LogP contribution in [0.5, 0.6) is 0 Å². The van der Waals surface area contributed by atoms with Crippen LogP contribution in [-0.2, 0) is 10.5 Å². The molecule has 1 heterocycles. The number of halogens is 1. The second kappa shape index (κ2) is 10.1. The highest BCUT2D eigenvalue weighted by Gasteiger charge is 2.16. The number of aryl methyl sites for hydroxylation is 1. The first-order valence-corrected chi connectivity index (χ1v) is 11.7. The number of hydrazone groups is 1. The Kier molecular flexibility index (Phi) is 7.56. The normalized spacial score (nSPS) is 12.3. The molecule has 2 aromatic carbocycles. The number of hydrogen-bond acceptors (Lipinski definition) is 3. The molecule has 3 rings (SSSR count). The monoisotopic (exact) mass is 483 g/mol. The summed E-state index contributed by atoms with van der Waals surface area (Å²) in [5.41, 5.74) is 9.33. The van der Waals surface area contributed by atoms with Gasteiger partial charge in [-0.15, -0.1) is 11.8 Å². The van der Waals surface area contributed by atoms with Crippen LogP contribution in [0.15, 0.2) is 64.2 Å². The zero-order chi connectivity index (χ0) is 21.7. The number of carbonyl (C=O) groups is 1. The summed E-state index contributed by atoms with van der Waals surface area (Å²) in [5, 5.41) is 4.03. The topological polar surface area (TPSA) is 46.4 Å². The van der Waals surface area contributed by atoms with Crippen molar-refractivity contribution in [1.82, 2.24) is 9.99 Å². The van der Waals surface area contributed by atoms with Gasteiger partial charge >= 0.3 is 0 Å². The molecule has 1 atom stereocenters. The lowest BCUT2D eigenvalue weighted by Crippen LogP contribution is -2.27. The molecule has 3 aromatic rings. The standard InChI is InChI=1S/C24H26BrN3OS/c1-16-10-12-21(13-11-16)28-17(2)22(23(25)18(28)3)14-26-27-24(29)19(4)30-15-20-8-6-5-7-9-20/h5-14,19H,15H2,1-4H3,(H,27,29)/b26-14-/t19-/m0/s1. The summed E-state index contributed by atoms with van der Waals surface area (Å²) in [4.78, 5) is 12.4. The molecule has 4 nitrogen and oxygen atoms in total. The fraction of sp³-hybridized carbons (Fsp3) is 0.250. The molecule has 1 aromatic heterocycles. The predicted molar refractivity (Wildman–Crippen MR) is 131 cm³/mol. The van der Waals surface area contributed by atoms with E-state index in [1.165, 1.54) is 11.1 Å². The maximum Gasteiger partial charge on any atom is 0.252 e. The van der Waals surface area contributed by atoms with Gasteiger partial charge in [0.2, 0.25) is 0 Å². The molecule has 0 aliphatic rings. The van der Waals surface area contributed by atoms with Gasteiger partial charge in [-0.2, -0.15) is 5.10 Å². The van der Waals surface area contributed by atoms with Crippen molar-refractivity contribution < 1.29 is 4.79 Å². The number of rotatable bonds is 7. The lowest BCUT2D eigenvalue weighted by atomic mass is 10.2. The third kappa shape index (κ3) is 5.24. The number of aromatic nitrogens is 1. The van der Waals surface area contributed by atoms with Crippen molar-refractivity contribution in [3.8, 4) is 5.69 Å².